The first-order valence-electron chi connectivity index (χ1n) is 8.29. The van der Waals surface area contributed by atoms with E-state index >= 15 is 0 Å². The lowest BCUT2D eigenvalue weighted by molar-refractivity contribution is -0.154. The Bertz CT molecular complexity index is 560. The number of hydrogen-bond acceptors (Lipinski definition) is 5. The number of Topliss-reactive ketones (excluding diaryl/α,β-unsaturated/α-hetero) is 2. The topological polar surface area (TPSA) is 69.7 Å². The molecule has 0 aliphatic heterocycles. The standard InChI is InChI=1S/C19H26O5/c1-5-23-19(22)18(14(4)20)17(21)7-6-12-24-16-10-8-15(9-11-16)13(2)3/h8-11,13,18H,5-7,12H2,1-4H3. The number of esters is 1. The lowest BCUT2D eigenvalue weighted by Gasteiger charge is -2.12. The molecule has 0 amide bonds. The molecule has 132 valence electrons. The Balaban J connectivity index is 2.44. The Morgan fingerprint density at radius 2 is 1.71 bits per heavy atom. The van der Waals surface area contributed by atoms with Crippen LogP contribution in [0.25, 0.3) is 0 Å². The molecule has 1 aromatic carbocycles. The summed E-state index contributed by atoms with van der Waals surface area (Å²) in [5.41, 5.74) is 1.23. The lowest BCUT2D eigenvalue weighted by Crippen LogP contribution is -2.32. The normalized spacial score (nSPS) is 11.9. The monoisotopic (exact) mass is 334 g/mol. The highest BCUT2D eigenvalue weighted by molar-refractivity contribution is 6.16. The van der Waals surface area contributed by atoms with E-state index in [1.165, 1.54) is 12.5 Å². The van der Waals surface area contributed by atoms with Gasteiger partial charge in [0.05, 0.1) is 13.2 Å². The summed E-state index contributed by atoms with van der Waals surface area (Å²) in [6, 6.07) is 7.82. The highest BCUT2D eigenvalue weighted by Crippen LogP contribution is 2.19. The van der Waals surface area contributed by atoms with Gasteiger partial charge in [0.1, 0.15) is 5.75 Å². The third kappa shape index (κ3) is 6.14. The van der Waals surface area contributed by atoms with E-state index in [4.69, 9.17) is 9.47 Å². The van der Waals surface area contributed by atoms with Gasteiger partial charge in [0.2, 0.25) is 0 Å². The maximum atomic E-state index is 12.1. The molecule has 0 N–H and O–H groups in total. The van der Waals surface area contributed by atoms with E-state index in [1.807, 2.05) is 24.3 Å². The molecule has 24 heavy (non-hydrogen) atoms. The maximum Gasteiger partial charge on any atom is 0.324 e. The van der Waals surface area contributed by atoms with Gasteiger partial charge in [-0.2, -0.15) is 0 Å². The van der Waals surface area contributed by atoms with Crippen LogP contribution >= 0.6 is 0 Å². The molecule has 1 unspecified atom stereocenters. The number of ketones is 2. The van der Waals surface area contributed by atoms with E-state index in [0.717, 1.165) is 5.75 Å². The molecule has 0 spiro atoms. The van der Waals surface area contributed by atoms with E-state index in [1.54, 1.807) is 6.92 Å². The van der Waals surface area contributed by atoms with Gasteiger partial charge in [-0.3, -0.25) is 14.4 Å². The third-order valence-electron chi connectivity index (χ3n) is 3.63. The largest absolute Gasteiger partial charge is 0.494 e. The first-order valence-corrected chi connectivity index (χ1v) is 8.29. The summed E-state index contributed by atoms with van der Waals surface area (Å²) >= 11 is 0. The van der Waals surface area contributed by atoms with Gasteiger partial charge in [0.15, 0.2) is 17.5 Å². The van der Waals surface area contributed by atoms with E-state index < -0.39 is 23.5 Å². The van der Waals surface area contributed by atoms with E-state index in [9.17, 15) is 14.4 Å². The Morgan fingerprint density at radius 1 is 1.08 bits per heavy atom. The second kappa shape index (κ2) is 9.85. The van der Waals surface area contributed by atoms with Crippen molar-refractivity contribution < 1.29 is 23.9 Å². The number of rotatable bonds is 10. The van der Waals surface area contributed by atoms with Crippen LogP contribution in [0.4, 0.5) is 0 Å². The van der Waals surface area contributed by atoms with Crippen LogP contribution in [-0.4, -0.2) is 30.7 Å². The zero-order valence-electron chi connectivity index (χ0n) is 14.8. The minimum atomic E-state index is -1.31. The summed E-state index contributed by atoms with van der Waals surface area (Å²) in [6.45, 7) is 7.60. The van der Waals surface area contributed by atoms with Crippen LogP contribution in [0.3, 0.4) is 0 Å². The SMILES string of the molecule is CCOC(=O)C(C(C)=O)C(=O)CCCOc1ccc(C(C)C)cc1. The predicted octanol–water partition coefficient (Wildman–Crippen LogP) is 3.31. The molecule has 0 radical (unpaired) electrons. The van der Waals surface area contributed by atoms with Gasteiger partial charge in [-0.05, 0) is 43.9 Å². The molecular formula is C19H26O5. The van der Waals surface area contributed by atoms with Gasteiger partial charge in [-0.1, -0.05) is 26.0 Å². The first kappa shape index (κ1) is 19.9. The second-order valence-corrected chi connectivity index (χ2v) is 5.94. The van der Waals surface area contributed by atoms with Crippen LogP contribution in [0.2, 0.25) is 0 Å². The molecular weight excluding hydrogens is 308 g/mol. The van der Waals surface area contributed by atoms with Crippen molar-refractivity contribution in [1.29, 1.82) is 0 Å². The van der Waals surface area contributed by atoms with Crippen LogP contribution in [0.5, 0.6) is 5.75 Å². The van der Waals surface area contributed by atoms with Crippen molar-refractivity contribution in [2.75, 3.05) is 13.2 Å². The molecule has 0 heterocycles. The fourth-order valence-electron chi connectivity index (χ4n) is 2.28. The molecule has 0 aromatic heterocycles. The molecule has 5 heteroatoms. The third-order valence-corrected chi connectivity index (χ3v) is 3.63. The summed E-state index contributed by atoms with van der Waals surface area (Å²) in [7, 11) is 0. The molecule has 1 rings (SSSR count). The zero-order valence-corrected chi connectivity index (χ0v) is 14.8. The van der Waals surface area contributed by atoms with Crippen molar-refractivity contribution >= 4 is 17.5 Å². The molecule has 0 fully saturated rings. The average Bonchev–Trinajstić information content (AvgIpc) is 2.52. The van der Waals surface area contributed by atoms with Crippen molar-refractivity contribution in [1.82, 2.24) is 0 Å². The van der Waals surface area contributed by atoms with Crippen LogP contribution in [0, 0.1) is 5.92 Å². The number of ether oxygens (including phenoxy) is 2. The minimum absolute atomic E-state index is 0.104. The second-order valence-electron chi connectivity index (χ2n) is 5.94. The first-order chi connectivity index (χ1) is 11.4. The fourth-order valence-corrected chi connectivity index (χ4v) is 2.28. The number of carbonyl (C=O) groups excluding carboxylic acids is 3. The summed E-state index contributed by atoms with van der Waals surface area (Å²) in [5, 5.41) is 0. The number of hydrogen-bond donors (Lipinski definition) is 0. The van der Waals surface area contributed by atoms with Crippen LogP contribution in [-0.2, 0) is 19.1 Å². The zero-order chi connectivity index (χ0) is 18.1. The Morgan fingerprint density at radius 3 is 2.21 bits per heavy atom. The van der Waals surface area contributed by atoms with Crippen molar-refractivity contribution in [3.63, 3.8) is 0 Å². The van der Waals surface area contributed by atoms with E-state index in [-0.39, 0.29) is 13.0 Å². The molecule has 1 atom stereocenters. The van der Waals surface area contributed by atoms with Crippen molar-refractivity contribution in [3.8, 4) is 5.75 Å². The summed E-state index contributed by atoms with van der Waals surface area (Å²) in [4.78, 5) is 35.2. The van der Waals surface area contributed by atoms with Crippen LogP contribution in [0.15, 0.2) is 24.3 Å². The van der Waals surface area contributed by atoms with Crippen molar-refractivity contribution in [2.24, 2.45) is 5.92 Å². The smallest absolute Gasteiger partial charge is 0.324 e. The summed E-state index contributed by atoms with van der Waals surface area (Å²) < 4.78 is 10.4. The Kier molecular flexibility index (Phi) is 8.16. The van der Waals surface area contributed by atoms with Crippen LogP contribution in [0.1, 0.15) is 52.0 Å². The molecule has 0 saturated carbocycles. The number of benzene rings is 1. The summed E-state index contributed by atoms with van der Waals surface area (Å²) in [5.74, 6) is -1.78. The predicted molar refractivity (Wildman–Crippen MR) is 91.1 cm³/mol. The van der Waals surface area contributed by atoms with E-state index in [2.05, 4.69) is 13.8 Å². The minimum Gasteiger partial charge on any atom is -0.494 e. The van der Waals surface area contributed by atoms with E-state index in [0.29, 0.717) is 18.9 Å². The highest BCUT2D eigenvalue weighted by Gasteiger charge is 2.31. The molecule has 1 aromatic rings. The molecule has 0 aliphatic rings. The van der Waals surface area contributed by atoms with Crippen LogP contribution < -0.4 is 4.74 Å². The average molecular weight is 334 g/mol. The van der Waals surface area contributed by atoms with Gasteiger partial charge in [-0.15, -0.1) is 0 Å². The quantitative estimate of drug-likeness (QED) is 0.373. The van der Waals surface area contributed by atoms with Gasteiger partial charge in [0.25, 0.3) is 0 Å². The molecule has 0 saturated heterocycles. The Labute approximate surface area is 143 Å². The fraction of sp³-hybridized carbons (Fsp3) is 0.526. The molecule has 0 bridgehead atoms. The molecule has 0 aliphatic carbocycles. The van der Waals surface area contributed by atoms with Crippen molar-refractivity contribution in [2.45, 2.75) is 46.5 Å². The Hall–Kier alpha value is -2.17. The van der Waals surface area contributed by atoms with Gasteiger partial charge < -0.3 is 9.47 Å². The van der Waals surface area contributed by atoms with Crippen molar-refractivity contribution in [3.05, 3.63) is 29.8 Å². The maximum absolute atomic E-state index is 12.1. The van der Waals surface area contributed by atoms with Gasteiger partial charge in [0, 0.05) is 6.42 Å². The van der Waals surface area contributed by atoms with Gasteiger partial charge in [-0.25, -0.2) is 0 Å². The highest BCUT2D eigenvalue weighted by atomic mass is 16.5. The summed E-state index contributed by atoms with van der Waals surface area (Å²) in [6.07, 6.45) is 0.543. The lowest BCUT2D eigenvalue weighted by atomic mass is 9.97. The number of carbonyl (C=O) groups is 3. The molecule has 5 nitrogen and oxygen atoms in total. The van der Waals surface area contributed by atoms with Gasteiger partial charge >= 0.3 is 5.97 Å².